The lowest BCUT2D eigenvalue weighted by atomic mass is 9.94. The number of rotatable bonds is 4. The summed E-state index contributed by atoms with van der Waals surface area (Å²) in [5, 5.41) is 15.9. The highest BCUT2D eigenvalue weighted by Gasteiger charge is 2.25. The van der Waals surface area contributed by atoms with E-state index in [1.54, 1.807) is 23.5 Å². The molecule has 0 aliphatic heterocycles. The molecule has 1 saturated carbocycles. The van der Waals surface area contributed by atoms with Crippen molar-refractivity contribution in [3.63, 3.8) is 0 Å². The zero-order valence-corrected chi connectivity index (χ0v) is 14.3. The Labute approximate surface area is 145 Å². The second kappa shape index (κ2) is 7.93. The number of nitrogens with zero attached hydrogens (tertiary/aromatic N) is 3. The lowest BCUT2D eigenvalue weighted by Gasteiger charge is -2.34. The lowest BCUT2D eigenvalue weighted by molar-refractivity contribution is 0.163. The van der Waals surface area contributed by atoms with E-state index in [0.717, 1.165) is 12.8 Å². The van der Waals surface area contributed by atoms with Crippen LogP contribution in [0.1, 0.15) is 43.4 Å². The van der Waals surface area contributed by atoms with Crippen molar-refractivity contribution in [2.24, 2.45) is 0 Å². The number of nitriles is 1. The molecule has 2 amide bonds. The van der Waals surface area contributed by atoms with Crippen LogP contribution in [0.5, 0.6) is 0 Å². The van der Waals surface area contributed by atoms with Gasteiger partial charge in [-0.1, -0.05) is 19.3 Å². The first-order valence-electron chi connectivity index (χ1n) is 8.21. The Kier molecular flexibility index (Phi) is 5.44. The van der Waals surface area contributed by atoms with Crippen molar-refractivity contribution in [3.8, 4) is 6.07 Å². The molecule has 2 aromatic heterocycles. The van der Waals surface area contributed by atoms with Crippen molar-refractivity contribution in [2.45, 2.75) is 44.7 Å². The van der Waals surface area contributed by atoms with Crippen LogP contribution in [-0.2, 0) is 6.54 Å². The number of pyridine rings is 1. The first-order chi connectivity index (χ1) is 11.8. The standard InChI is InChI=1S/C18H20N4OS/c19-10-15-6-7-16(11-20-15)21-18(23)22(12-14-8-9-24-13-14)17-4-2-1-3-5-17/h6-9,11,13,17H,1-5,12H2,(H,21,23). The van der Waals surface area contributed by atoms with E-state index >= 15 is 0 Å². The molecule has 2 aromatic rings. The number of nitrogens with one attached hydrogen (secondary N) is 1. The Morgan fingerprint density at radius 2 is 2.17 bits per heavy atom. The molecule has 124 valence electrons. The van der Waals surface area contributed by atoms with Gasteiger partial charge < -0.3 is 10.2 Å². The van der Waals surface area contributed by atoms with Crippen LogP contribution in [-0.4, -0.2) is 22.0 Å². The summed E-state index contributed by atoms with van der Waals surface area (Å²) in [4.78, 5) is 18.8. The Hall–Kier alpha value is -2.39. The van der Waals surface area contributed by atoms with Crippen molar-refractivity contribution in [1.29, 1.82) is 5.26 Å². The van der Waals surface area contributed by atoms with Gasteiger partial charge in [0.25, 0.3) is 0 Å². The average molecular weight is 340 g/mol. The van der Waals surface area contributed by atoms with E-state index in [0.29, 0.717) is 17.9 Å². The number of anilines is 1. The lowest BCUT2D eigenvalue weighted by Crippen LogP contribution is -2.43. The van der Waals surface area contributed by atoms with Gasteiger partial charge >= 0.3 is 6.03 Å². The number of aromatic nitrogens is 1. The first kappa shape index (κ1) is 16.5. The third-order valence-electron chi connectivity index (χ3n) is 4.34. The highest BCUT2D eigenvalue weighted by Crippen LogP contribution is 2.25. The van der Waals surface area contributed by atoms with Gasteiger partial charge in [-0.15, -0.1) is 0 Å². The molecule has 1 N–H and O–H groups in total. The van der Waals surface area contributed by atoms with E-state index < -0.39 is 0 Å². The fourth-order valence-corrected chi connectivity index (χ4v) is 3.73. The van der Waals surface area contributed by atoms with Gasteiger partial charge in [0.1, 0.15) is 11.8 Å². The van der Waals surface area contributed by atoms with Gasteiger partial charge in [0.05, 0.1) is 11.9 Å². The molecule has 0 bridgehead atoms. The third kappa shape index (κ3) is 4.12. The van der Waals surface area contributed by atoms with Gasteiger partial charge in [0, 0.05) is 12.6 Å². The topological polar surface area (TPSA) is 69.0 Å². The number of thiophene rings is 1. The predicted molar refractivity (Wildman–Crippen MR) is 94.7 cm³/mol. The molecule has 0 atom stereocenters. The van der Waals surface area contributed by atoms with Crippen LogP contribution >= 0.6 is 11.3 Å². The van der Waals surface area contributed by atoms with Gasteiger partial charge in [-0.3, -0.25) is 0 Å². The highest BCUT2D eigenvalue weighted by molar-refractivity contribution is 7.07. The van der Waals surface area contributed by atoms with Crippen molar-refractivity contribution >= 4 is 23.1 Å². The van der Waals surface area contributed by atoms with Gasteiger partial charge in [0.15, 0.2) is 0 Å². The van der Waals surface area contributed by atoms with E-state index in [9.17, 15) is 4.79 Å². The molecular formula is C18H20N4OS. The molecule has 2 heterocycles. The Morgan fingerprint density at radius 1 is 1.33 bits per heavy atom. The smallest absolute Gasteiger partial charge is 0.317 e. The first-order valence-corrected chi connectivity index (χ1v) is 9.15. The van der Waals surface area contributed by atoms with Crippen LogP contribution in [0.15, 0.2) is 35.2 Å². The van der Waals surface area contributed by atoms with Crippen molar-refractivity contribution in [2.75, 3.05) is 5.32 Å². The van der Waals surface area contributed by atoms with Crippen molar-refractivity contribution in [3.05, 3.63) is 46.4 Å². The van der Waals surface area contributed by atoms with E-state index in [4.69, 9.17) is 5.26 Å². The van der Waals surface area contributed by atoms with Crippen LogP contribution < -0.4 is 5.32 Å². The number of amides is 2. The largest absolute Gasteiger partial charge is 0.322 e. The summed E-state index contributed by atoms with van der Waals surface area (Å²) < 4.78 is 0. The highest BCUT2D eigenvalue weighted by atomic mass is 32.1. The van der Waals surface area contributed by atoms with E-state index in [2.05, 4.69) is 21.7 Å². The van der Waals surface area contributed by atoms with Crippen LogP contribution in [0.25, 0.3) is 0 Å². The molecule has 6 heteroatoms. The third-order valence-corrected chi connectivity index (χ3v) is 5.07. The molecule has 24 heavy (non-hydrogen) atoms. The molecule has 0 unspecified atom stereocenters. The zero-order chi connectivity index (χ0) is 16.8. The fourth-order valence-electron chi connectivity index (χ4n) is 3.07. The van der Waals surface area contributed by atoms with Crippen molar-refractivity contribution in [1.82, 2.24) is 9.88 Å². The summed E-state index contributed by atoms with van der Waals surface area (Å²) >= 11 is 1.65. The molecule has 1 aliphatic carbocycles. The number of urea groups is 1. The summed E-state index contributed by atoms with van der Waals surface area (Å²) in [6, 6.07) is 7.56. The molecule has 0 saturated heterocycles. The molecule has 3 rings (SSSR count). The SMILES string of the molecule is N#Cc1ccc(NC(=O)N(Cc2ccsc2)C2CCCCC2)cn1. The van der Waals surface area contributed by atoms with E-state index in [1.165, 1.54) is 31.0 Å². The number of carbonyl (C=O) groups is 1. The van der Waals surface area contributed by atoms with Gasteiger partial charge in [-0.2, -0.15) is 16.6 Å². The summed E-state index contributed by atoms with van der Waals surface area (Å²) in [6.45, 7) is 0.629. The maximum Gasteiger partial charge on any atom is 0.322 e. The van der Waals surface area contributed by atoms with E-state index in [-0.39, 0.29) is 12.1 Å². The molecule has 1 aliphatic rings. The monoisotopic (exact) mass is 340 g/mol. The maximum atomic E-state index is 12.8. The summed E-state index contributed by atoms with van der Waals surface area (Å²) in [5.74, 6) is 0. The maximum absolute atomic E-state index is 12.8. The van der Waals surface area contributed by atoms with Gasteiger partial charge in [-0.25, -0.2) is 9.78 Å². The minimum atomic E-state index is -0.0976. The molecular weight excluding hydrogens is 320 g/mol. The minimum absolute atomic E-state index is 0.0976. The Bertz CT molecular complexity index is 700. The van der Waals surface area contributed by atoms with Crippen LogP contribution in [0.4, 0.5) is 10.5 Å². The molecule has 0 radical (unpaired) electrons. The molecule has 5 nitrogen and oxygen atoms in total. The van der Waals surface area contributed by atoms with Gasteiger partial charge in [-0.05, 0) is 47.4 Å². The van der Waals surface area contributed by atoms with Crippen molar-refractivity contribution < 1.29 is 4.79 Å². The summed E-state index contributed by atoms with van der Waals surface area (Å²) in [5.41, 5.74) is 2.12. The Balaban J connectivity index is 1.72. The van der Waals surface area contributed by atoms with E-state index in [1.807, 2.05) is 16.3 Å². The van der Waals surface area contributed by atoms with Crippen LogP contribution in [0.2, 0.25) is 0 Å². The Morgan fingerprint density at radius 3 is 2.79 bits per heavy atom. The zero-order valence-electron chi connectivity index (χ0n) is 13.4. The number of carbonyl (C=O) groups excluding carboxylic acids is 1. The average Bonchev–Trinajstić information content (AvgIpc) is 3.14. The number of hydrogen-bond acceptors (Lipinski definition) is 4. The summed E-state index contributed by atoms with van der Waals surface area (Å²) in [7, 11) is 0. The molecule has 0 spiro atoms. The van der Waals surface area contributed by atoms with Crippen LogP contribution in [0.3, 0.4) is 0 Å². The minimum Gasteiger partial charge on any atom is -0.317 e. The summed E-state index contributed by atoms with van der Waals surface area (Å²) in [6.07, 6.45) is 7.25. The quantitative estimate of drug-likeness (QED) is 0.898. The predicted octanol–water partition coefficient (Wildman–Crippen LogP) is 4.38. The fraction of sp³-hybridized carbons (Fsp3) is 0.389. The second-order valence-corrected chi connectivity index (χ2v) is 6.81. The molecule has 1 fully saturated rings. The van der Waals surface area contributed by atoms with Gasteiger partial charge in [0.2, 0.25) is 0 Å². The van der Waals surface area contributed by atoms with Crippen LogP contribution in [0, 0.1) is 11.3 Å². The normalized spacial score (nSPS) is 14.8. The number of hydrogen-bond donors (Lipinski definition) is 1. The molecule has 0 aromatic carbocycles. The second-order valence-electron chi connectivity index (χ2n) is 6.03.